The molecule has 1 aromatic carbocycles. The molecule has 0 aliphatic carbocycles. The molecule has 4 nitrogen and oxygen atoms in total. The summed E-state index contributed by atoms with van der Waals surface area (Å²) in [5.41, 5.74) is 8.44. The van der Waals surface area contributed by atoms with Crippen LogP contribution in [0.15, 0.2) is 23.7 Å². The Hall–Kier alpha value is -1.30. The van der Waals surface area contributed by atoms with Gasteiger partial charge in [0.2, 0.25) is 0 Å². The normalized spacial score (nSPS) is 20.9. The van der Waals surface area contributed by atoms with E-state index in [1.165, 1.54) is 0 Å². The minimum Gasteiger partial charge on any atom is -0.400 e. The van der Waals surface area contributed by atoms with Crippen LogP contribution in [0.1, 0.15) is 38.8 Å². The number of aliphatic hydroxyl groups is 1. The zero-order valence-corrected chi connectivity index (χ0v) is 13.4. The minimum absolute atomic E-state index is 0.111. The summed E-state index contributed by atoms with van der Waals surface area (Å²) in [6, 6.07) is 5.76. The van der Waals surface area contributed by atoms with Gasteiger partial charge in [-0.3, -0.25) is 0 Å². The number of aliphatic hydroxyl groups excluding tert-OH is 1. The second-order valence-corrected chi connectivity index (χ2v) is 6.58. The van der Waals surface area contributed by atoms with Crippen LogP contribution in [0.4, 0.5) is 5.69 Å². The van der Waals surface area contributed by atoms with E-state index in [0.717, 1.165) is 16.8 Å². The lowest BCUT2D eigenvalue weighted by Gasteiger charge is -2.32. The Balaban J connectivity index is 2.28. The molecule has 1 saturated heterocycles. The van der Waals surface area contributed by atoms with Crippen molar-refractivity contribution in [2.45, 2.75) is 45.8 Å². The molecule has 0 bridgehead atoms. The number of aryl methyl sites for hydroxylation is 1. The summed E-state index contributed by atoms with van der Waals surface area (Å²) in [5, 5.41) is 9.66. The third kappa shape index (κ3) is 3.15. The van der Waals surface area contributed by atoms with E-state index in [1.54, 1.807) is 0 Å². The van der Waals surface area contributed by atoms with E-state index in [0.29, 0.717) is 5.47 Å². The van der Waals surface area contributed by atoms with Crippen molar-refractivity contribution in [1.29, 1.82) is 0 Å². The molecule has 0 radical (unpaired) electrons. The zero-order chi connectivity index (χ0) is 15.8. The van der Waals surface area contributed by atoms with Gasteiger partial charge in [-0.15, -0.1) is 0 Å². The van der Waals surface area contributed by atoms with E-state index in [-0.39, 0.29) is 6.61 Å². The summed E-state index contributed by atoms with van der Waals surface area (Å²) in [4.78, 5) is 0. The van der Waals surface area contributed by atoms with Crippen molar-refractivity contribution in [3.63, 3.8) is 0 Å². The highest BCUT2D eigenvalue weighted by atomic mass is 16.7. The Morgan fingerprint density at radius 3 is 2.29 bits per heavy atom. The van der Waals surface area contributed by atoms with E-state index in [1.807, 2.05) is 58.9 Å². The first-order valence-electron chi connectivity index (χ1n) is 7.19. The van der Waals surface area contributed by atoms with Crippen LogP contribution >= 0.6 is 0 Å². The van der Waals surface area contributed by atoms with Crippen LogP contribution in [0.3, 0.4) is 0 Å². The maximum absolute atomic E-state index is 9.66. The second kappa shape index (κ2) is 5.48. The van der Waals surface area contributed by atoms with Gasteiger partial charge >= 0.3 is 7.12 Å². The molecule has 0 unspecified atom stereocenters. The highest BCUT2D eigenvalue weighted by Crippen LogP contribution is 2.38. The van der Waals surface area contributed by atoms with Gasteiger partial charge in [0.15, 0.2) is 0 Å². The van der Waals surface area contributed by atoms with Gasteiger partial charge < -0.3 is 20.1 Å². The van der Waals surface area contributed by atoms with Gasteiger partial charge in [0.1, 0.15) is 0 Å². The Labute approximate surface area is 127 Å². The van der Waals surface area contributed by atoms with Crippen molar-refractivity contribution < 1.29 is 14.4 Å². The zero-order valence-electron chi connectivity index (χ0n) is 13.4. The van der Waals surface area contributed by atoms with Crippen LogP contribution in [0.5, 0.6) is 0 Å². The molecule has 1 aliphatic rings. The summed E-state index contributed by atoms with van der Waals surface area (Å²) >= 11 is 0. The van der Waals surface area contributed by atoms with Gasteiger partial charge in [-0.05, 0) is 57.3 Å². The van der Waals surface area contributed by atoms with Crippen molar-refractivity contribution in [2.75, 3.05) is 12.3 Å². The lowest BCUT2D eigenvalue weighted by Crippen LogP contribution is -2.41. The maximum atomic E-state index is 9.66. The Kier molecular flexibility index (Phi) is 4.20. The van der Waals surface area contributed by atoms with E-state index in [9.17, 15) is 5.11 Å². The summed E-state index contributed by atoms with van der Waals surface area (Å²) in [6.07, 6.45) is 1.90. The quantitative estimate of drug-likeness (QED) is 0.663. The van der Waals surface area contributed by atoms with Crippen molar-refractivity contribution in [3.05, 3.63) is 34.8 Å². The maximum Gasteiger partial charge on any atom is 0.492 e. The molecule has 1 aliphatic heterocycles. The highest BCUT2D eigenvalue weighted by Gasteiger charge is 2.52. The number of nitrogen functional groups attached to an aromatic ring is 1. The SMILES string of the molecule is Cc1cc(C=C(CO)B2OC(C)(C)C(C)(C)O2)ccc1N. The fourth-order valence-electron chi connectivity index (χ4n) is 2.19. The van der Waals surface area contributed by atoms with Gasteiger partial charge in [-0.2, -0.15) is 0 Å². The van der Waals surface area contributed by atoms with Crippen LogP contribution in [0.25, 0.3) is 6.08 Å². The number of benzene rings is 1. The molecule has 1 fully saturated rings. The number of nitrogens with two attached hydrogens (primary N) is 1. The Morgan fingerprint density at radius 2 is 1.81 bits per heavy atom. The molecule has 21 heavy (non-hydrogen) atoms. The van der Waals surface area contributed by atoms with E-state index >= 15 is 0 Å². The first-order valence-corrected chi connectivity index (χ1v) is 7.19. The summed E-state index contributed by atoms with van der Waals surface area (Å²) in [5.74, 6) is 0. The van der Waals surface area contributed by atoms with Crippen molar-refractivity contribution >= 4 is 18.9 Å². The largest absolute Gasteiger partial charge is 0.492 e. The monoisotopic (exact) mass is 289 g/mol. The number of anilines is 1. The predicted octanol–water partition coefficient (Wildman–Crippen LogP) is 2.58. The van der Waals surface area contributed by atoms with Crippen molar-refractivity contribution in [1.82, 2.24) is 0 Å². The summed E-state index contributed by atoms with van der Waals surface area (Å²) in [7, 11) is -0.530. The average Bonchev–Trinajstić information content (AvgIpc) is 2.59. The first-order chi connectivity index (χ1) is 9.66. The first kappa shape index (κ1) is 16.1. The molecule has 1 aromatic rings. The van der Waals surface area contributed by atoms with Crippen LogP contribution in [-0.2, 0) is 9.31 Å². The predicted molar refractivity (Wildman–Crippen MR) is 86.7 cm³/mol. The van der Waals surface area contributed by atoms with E-state index < -0.39 is 18.3 Å². The van der Waals surface area contributed by atoms with Gasteiger partial charge in [-0.25, -0.2) is 0 Å². The summed E-state index contributed by atoms with van der Waals surface area (Å²) in [6.45, 7) is 9.83. The molecule has 1 heterocycles. The molecular formula is C16H24BNO3. The minimum atomic E-state index is -0.530. The van der Waals surface area contributed by atoms with E-state index in [2.05, 4.69) is 0 Å². The molecule has 0 atom stereocenters. The molecule has 5 heteroatoms. The number of hydrogen-bond acceptors (Lipinski definition) is 4. The molecule has 0 saturated carbocycles. The van der Waals surface area contributed by atoms with Crippen molar-refractivity contribution in [3.8, 4) is 0 Å². The van der Waals surface area contributed by atoms with Crippen LogP contribution < -0.4 is 5.73 Å². The molecular weight excluding hydrogens is 265 g/mol. The fourth-order valence-corrected chi connectivity index (χ4v) is 2.19. The standard InChI is InChI=1S/C16H24BNO3/c1-11-8-12(6-7-14(11)18)9-13(10-19)17-20-15(2,3)16(4,5)21-17/h6-9,19H,10,18H2,1-5H3. The van der Waals surface area contributed by atoms with Crippen LogP contribution in [0, 0.1) is 6.92 Å². The lowest BCUT2D eigenvalue weighted by atomic mass is 9.77. The molecule has 0 spiro atoms. The lowest BCUT2D eigenvalue weighted by molar-refractivity contribution is 0.00578. The fraction of sp³-hybridized carbons (Fsp3) is 0.500. The average molecular weight is 289 g/mol. The van der Waals surface area contributed by atoms with Crippen LogP contribution in [-0.4, -0.2) is 30.0 Å². The van der Waals surface area contributed by atoms with Gasteiger partial charge in [0.05, 0.1) is 17.8 Å². The Bertz CT molecular complexity index is 551. The topological polar surface area (TPSA) is 64.7 Å². The van der Waals surface area contributed by atoms with E-state index in [4.69, 9.17) is 15.0 Å². The Morgan fingerprint density at radius 1 is 1.24 bits per heavy atom. The smallest absolute Gasteiger partial charge is 0.400 e. The third-order valence-corrected chi connectivity index (χ3v) is 4.38. The molecule has 3 N–H and O–H groups in total. The van der Waals surface area contributed by atoms with Gasteiger partial charge in [0, 0.05) is 5.69 Å². The molecule has 0 amide bonds. The second-order valence-electron chi connectivity index (χ2n) is 6.58. The van der Waals surface area contributed by atoms with Gasteiger partial charge in [0.25, 0.3) is 0 Å². The molecule has 114 valence electrons. The third-order valence-electron chi connectivity index (χ3n) is 4.38. The number of rotatable bonds is 3. The molecule has 0 aromatic heterocycles. The number of hydrogen-bond donors (Lipinski definition) is 2. The summed E-state index contributed by atoms with van der Waals surface area (Å²) < 4.78 is 11.9. The van der Waals surface area contributed by atoms with Crippen LogP contribution in [0.2, 0.25) is 0 Å². The van der Waals surface area contributed by atoms with Crippen molar-refractivity contribution in [2.24, 2.45) is 0 Å². The molecule has 2 rings (SSSR count). The highest BCUT2D eigenvalue weighted by molar-refractivity contribution is 6.55. The van der Waals surface area contributed by atoms with Gasteiger partial charge in [-0.1, -0.05) is 18.2 Å².